The number of H-pyrrole nitrogens is 1. The van der Waals surface area contributed by atoms with Crippen molar-refractivity contribution in [2.45, 2.75) is 13.5 Å². The van der Waals surface area contributed by atoms with Gasteiger partial charge in [-0.05, 0) is 66.1 Å². The lowest BCUT2D eigenvalue weighted by Crippen LogP contribution is -2.25. The molecule has 1 aromatic heterocycles. The van der Waals surface area contributed by atoms with Crippen LogP contribution in [0, 0.1) is 18.8 Å². The Labute approximate surface area is 159 Å². The summed E-state index contributed by atoms with van der Waals surface area (Å²) in [5.41, 5.74) is 4.39. The fraction of sp³-hybridized carbons (Fsp3) is 0.348. The Morgan fingerprint density at radius 1 is 1.00 bits per heavy atom. The summed E-state index contributed by atoms with van der Waals surface area (Å²) < 4.78 is 0. The first-order valence-corrected chi connectivity index (χ1v) is 9.82. The van der Waals surface area contributed by atoms with Crippen LogP contribution in [0.2, 0.25) is 0 Å². The predicted molar refractivity (Wildman–Crippen MR) is 110 cm³/mol. The largest absolute Gasteiger partial charge is 0.321 e. The minimum atomic E-state index is -0.0208. The third-order valence-corrected chi connectivity index (χ3v) is 6.24. The lowest BCUT2D eigenvalue weighted by Gasteiger charge is -2.17. The van der Waals surface area contributed by atoms with Crippen LogP contribution < -0.4 is 10.9 Å². The van der Waals surface area contributed by atoms with Gasteiger partial charge in [0.15, 0.2) is 0 Å². The number of aromatic amines is 1. The maximum absolute atomic E-state index is 12.5. The van der Waals surface area contributed by atoms with Gasteiger partial charge in [0, 0.05) is 30.7 Å². The molecular formula is C23H25N3O. The standard InChI is InChI=1S/C23H25N3O/c1-15-3-2-4-20-21(15)9-22(25-23(20)27)17-7-5-16(6-8-17)12-26-13-18-10-24-11-19(18)14-26/h2-9,18-19,24H,10-14H2,1H3,(H,25,27)/t18-,19+. The van der Waals surface area contributed by atoms with Crippen LogP contribution in [0.1, 0.15) is 11.1 Å². The molecule has 4 heteroatoms. The van der Waals surface area contributed by atoms with Crippen molar-refractivity contribution in [1.82, 2.24) is 15.2 Å². The van der Waals surface area contributed by atoms with Gasteiger partial charge in [-0.2, -0.15) is 0 Å². The smallest absolute Gasteiger partial charge is 0.256 e. The van der Waals surface area contributed by atoms with Gasteiger partial charge in [-0.15, -0.1) is 0 Å². The molecule has 27 heavy (non-hydrogen) atoms. The van der Waals surface area contributed by atoms with Gasteiger partial charge in [0.2, 0.25) is 0 Å². The highest BCUT2D eigenvalue weighted by Gasteiger charge is 2.35. The summed E-state index contributed by atoms with van der Waals surface area (Å²) >= 11 is 0. The van der Waals surface area contributed by atoms with E-state index in [-0.39, 0.29) is 5.56 Å². The van der Waals surface area contributed by atoms with E-state index in [0.717, 1.165) is 46.0 Å². The Kier molecular flexibility index (Phi) is 4.10. The second kappa shape index (κ2) is 6.63. The minimum absolute atomic E-state index is 0.0208. The predicted octanol–water partition coefficient (Wildman–Crippen LogP) is 3.15. The molecule has 2 atom stereocenters. The van der Waals surface area contributed by atoms with E-state index >= 15 is 0 Å². The Morgan fingerprint density at radius 2 is 1.74 bits per heavy atom. The van der Waals surface area contributed by atoms with Crippen molar-refractivity contribution >= 4 is 10.8 Å². The quantitative estimate of drug-likeness (QED) is 0.755. The van der Waals surface area contributed by atoms with Crippen LogP contribution in [0.3, 0.4) is 0 Å². The Balaban J connectivity index is 1.38. The molecule has 0 radical (unpaired) electrons. The van der Waals surface area contributed by atoms with E-state index in [9.17, 15) is 4.79 Å². The molecule has 3 aromatic rings. The van der Waals surface area contributed by atoms with Gasteiger partial charge in [0.25, 0.3) is 5.56 Å². The van der Waals surface area contributed by atoms with Gasteiger partial charge in [-0.1, -0.05) is 36.4 Å². The molecule has 2 aliphatic rings. The van der Waals surface area contributed by atoms with E-state index in [1.165, 1.54) is 31.7 Å². The number of aryl methyl sites for hydroxylation is 1. The molecule has 0 amide bonds. The first kappa shape index (κ1) is 16.7. The number of benzene rings is 2. The highest BCUT2D eigenvalue weighted by molar-refractivity contribution is 5.87. The van der Waals surface area contributed by atoms with Crippen LogP contribution in [-0.2, 0) is 6.54 Å². The van der Waals surface area contributed by atoms with Crippen molar-refractivity contribution in [2.75, 3.05) is 26.2 Å². The van der Waals surface area contributed by atoms with E-state index in [1.54, 1.807) is 0 Å². The van der Waals surface area contributed by atoms with Gasteiger partial charge in [-0.25, -0.2) is 0 Å². The highest BCUT2D eigenvalue weighted by atomic mass is 16.1. The number of fused-ring (bicyclic) bond motifs is 2. The normalized spacial score (nSPS) is 22.4. The summed E-state index contributed by atoms with van der Waals surface area (Å²) in [5.74, 6) is 1.66. The summed E-state index contributed by atoms with van der Waals surface area (Å²) in [4.78, 5) is 18.1. The second-order valence-electron chi connectivity index (χ2n) is 8.12. The van der Waals surface area contributed by atoms with Crippen LogP contribution in [-0.4, -0.2) is 36.1 Å². The lowest BCUT2D eigenvalue weighted by molar-refractivity contribution is 0.305. The van der Waals surface area contributed by atoms with Crippen LogP contribution in [0.5, 0.6) is 0 Å². The van der Waals surface area contributed by atoms with Crippen LogP contribution in [0.4, 0.5) is 0 Å². The van der Waals surface area contributed by atoms with E-state index < -0.39 is 0 Å². The fourth-order valence-electron chi connectivity index (χ4n) is 4.73. The zero-order valence-corrected chi connectivity index (χ0v) is 15.7. The maximum Gasteiger partial charge on any atom is 0.256 e. The maximum atomic E-state index is 12.5. The van der Waals surface area contributed by atoms with Crippen LogP contribution >= 0.6 is 0 Å². The molecule has 5 rings (SSSR count). The number of likely N-dealkylation sites (tertiary alicyclic amines) is 1. The number of nitrogens with one attached hydrogen (secondary N) is 2. The topological polar surface area (TPSA) is 48.1 Å². The first-order chi connectivity index (χ1) is 13.2. The summed E-state index contributed by atoms with van der Waals surface area (Å²) in [7, 11) is 0. The van der Waals surface area contributed by atoms with Crippen LogP contribution in [0.25, 0.3) is 22.0 Å². The molecule has 2 aromatic carbocycles. The van der Waals surface area contributed by atoms with Crippen molar-refractivity contribution in [3.8, 4) is 11.3 Å². The molecule has 2 fully saturated rings. The Morgan fingerprint density at radius 3 is 2.48 bits per heavy atom. The number of nitrogens with zero attached hydrogens (tertiary/aromatic N) is 1. The van der Waals surface area contributed by atoms with Crippen molar-refractivity contribution in [3.05, 3.63) is 70.0 Å². The summed E-state index contributed by atoms with van der Waals surface area (Å²) in [6.45, 7) is 7.83. The van der Waals surface area contributed by atoms with Crippen molar-refractivity contribution in [2.24, 2.45) is 11.8 Å². The van der Waals surface area contributed by atoms with E-state index in [4.69, 9.17) is 0 Å². The van der Waals surface area contributed by atoms with Crippen molar-refractivity contribution < 1.29 is 0 Å². The second-order valence-corrected chi connectivity index (χ2v) is 8.12. The fourth-order valence-corrected chi connectivity index (χ4v) is 4.73. The van der Waals surface area contributed by atoms with Gasteiger partial charge in [0.05, 0.1) is 0 Å². The Hall–Kier alpha value is -2.43. The molecule has 2 N–H and O–H groups in total. The molecule has 138 valence electrons. The minimum Gasteiger partial charge on any atom is -0.321 e. The van der Waals surface area contributed by atoms with E-state index in [0.29, 0.717) is 0 Å². The van der Waals surface area contributed by atoms with E-state index in [2.05, 4.69) is 58.5 Å². The molecule has 0 unspecified atom stereocenters. The van der Waals surface area contributed by atoms with Crippen LogP contribution in [0.15, 0.2) is 53.3 Å². The van der Waals surface area contributed by atoms with Gasteiger partial charge in [-0.3, -0.25) is 9.69 Å². The average molecular weight is 359 g/mol. The molecule has 4 nitrogen and oxygen atoms in total. The third kappa shape index (κ3) is 3.09. The van der Waals surface area contributed by atoms with Crippen molar-refractivity contribution in [1.29, 1.82) is 0 Å². The molecule has 2 aliphatic heterocycles. The molecule has 3 heterocycles. The number of pyridine rings is 1. The summed E-state index contributed by atoms with van der Waals surface area (Å²) in [6, 6.07) is 16.6. The number of hydrogen-bond acceptors (Lipinski definition) is 3. The van der Waals surface area contributed by atoms with Gasteiger partial charge < -0.3 is 10.3 Å². The molecule has 0 saturated carbocycles. The first-order valence-electron chi connectivity index (χ1n) is 9.82. The number of rotatable bonds is 3. The molecule has 0 spiro atoms. The SMILES string of the molecule is Cc1cccc2c(=O)[nH]c(-c3ccc(CN4C[C@H]5CNC[C@H]5C4)cc3)cc12. The van der Waals surface area contributed by atoms with E-state index in [1.807, 2.05) is 12.1 Å². The highest BCUT2D eigenvalue weighted by Crippen LogP contribution is 2.28. The monoisotopic (exact) mass is 359 g/mol. The zero-order valence-electron chi connectivity index (χ0n) is 15.7. The summed E-state index contributed by atoms with van der Waals surface area (Å²) in [6.07, 6.45) is 0. The number of aromatic nitrogens is 1. The lowest BCUT2D eigenvalue weighted by atomic mass is 10.0. The van der Waals surface area contributed by atoms with Gasteiger partial charge >= 0.3 is 0 Å². The zero-order chi connectivity index (χ0) is 18.4. The third-order valence-electron chi connectivity index (χ3n) is 6.24. The Bertz CT molecular complexity index is 1030. The average Bonchev–Trinajstić information content (AvgIpc) is 3.25. The summed E-state index contributed by atoms with van der Waals surface area (Å²) in [5, 5.41) is 5.28. The molecule has 2 saturated heterocycles. The molecule has 0 aliphatic carbocycles. The molecular weight excluding hydrogens is 334 g/mol. The van der Waals surface area contributed by atoms with Crippen molar-refractivity contribution in [3.63, 3.8) is 0 Å². The molecule has 0 bridgehead atoms. The number of hydrogen-bond donors (Lipinski definition) is 2. The van der Waals surface area contributed by atoms with Gasteiger partial charge in [0.1, 0.15) is 0 Å².